The third-order valence-electron chi connectivity index (χ3n) is 16.6. The monoisotopic (exact) mass is 1250 g/mol. The summed E-state index contributed by atoms with van der Waals surface area (Å²) in [6.07, 6.45) is 90.3. The third-order valence-corrected chi connectivity index (χ3v) is 17.6. The summed E-state index contributed by atoms with van der Waals surface area (Å²) in [6, 6.07) is -0.855. The van der Waals surface area contributed by atoms with Gasteiger partial charge in [0.05, 0.1) is 33.8 Å². The molecule has 2 N–H and O–H groups in total. The topological polar surface area (TPSA) is 111 Å². The summed E-state index contributed by atoms with van der Waals surface area (Å²) in [5.74, 6) is -0.502. The largest absolute Gasteiger partial charge is 0.472 e. The highest BCUT2D eigenvalue weighted by molar-refractivity contribution is 7.47. The zero-order chi connectivity index (χ0) is 64.2. The lowest BCUT2D eigenvalue weighted by Gasteiger charge is -2.27. The highest BCUT2D eigenvalue weighted by Gasteiger charge is 2.30. The van der Waals surface area contributed by atoms with Crippen LogP contribution >= 0.6 is 7.82 Å². The number of nitrogens with one attached hydrogen (secondary N) is 1. The van der Waals surface area contributed by atoms with E-state index in [-0.39, 0.29) is 31.5 Å². The van der Waals surface area contributed by atoms with Gasteiger partial charge in [0.2, 0.25) is 5.91 Å². The highest BCUT2D eigenvalue weighted by Crippen LogP contribution is 2.43. The molecular formula is C78H144N2O7P+. The number of carbonyl (C=O) groups excluding carboxylic acids is 2. The number of carbonyl (C=O) groups is 2. The van der Waals surface area contributed by atoms with Crippen molar-refractivity contribution in [3.05, 3.63) is 85.1 Å². The molecule has 3 atom stereocenters. The first-order valence-corrected chi connectivity index (χ1v) is 38.9. The van der Waals surface area contributed by atoms with Crippen LogP contribution in [0.1, 0.15) is 348 Å². The molecular weight excluding hydrogens is 1110 g/mol. The van der Waals surface area contributed by atoms with Crippen LogP contribution in [0.2, 0.25) is 0 Å². The molecule has 88 heavy (non-hydrogen) atoms. The van der Waals surface area contributed by atoms with Crippen molar-refractivity contribution in [1.82, 2.24) is 5.32 Å². The van der Waals surface area contributed by atoms with E-state index in [4.69, 9.17) is 13.8 Å². The average Bonchev–Trinajstić information content (AvgIpc) is 3.52. The molecule has 10 heteroatoms. The summed E-state index contributed by atoms with van der Waals surface area (Å²) in [5.41, 5.74) is 0. The zero-order valence-corrected chi connectivity index (χ0v) is 59.6. The Morgan fingerprint density at radius 2 is 0.727 bits per heavy atom. The second kappa shape index (κ2) is 67.1. The lowest BCUT2D eigenvalue weighted by atomic mass is 10.0. The van der Waals surface area contributed by atoms with Gasteiger partial charge in [-0.15, -0.1) is 0 Å². The summed E-state index contributed by atoms with van der Waals surface area (Å²) >= 11 is 0. The maximum Gasteiger partial charge on any atom is 0.472 e. The maximum atomic E-state index is 13.6. The summed E-state index contributed by atoms with van der Waals surface area (Å²) in [7, 11) is 1.50. The number of esters is 1. The Labute approximate surface area is 546 Å². The van der Waals surface area contributed by atoms with Crippen molar-refractivity contribution in [2.75, 3.05) is 40.9 Å². The van der Waals surface area contributed by atoms with Crippen molar-refractivity contribution in [2.45, 2.75) is 360 Å². The van der Waals surface area contributed by atoms with Crippen molar-refractivity contribution in [3.63, 3.8) is 0 Å². The van der Waals surface area contributed by atoms with Gasteiger partial charge in [-0.25, -0.2) is 4.57 Å². The Balaban J connectivity index is 5.01. The summed E-state index contributed by atoms with van der Waals surface area (Å²) < 4.78 is 30.9. The number of nitrogens with zero attached hydrogens (tertiary/aromatic N) is 1. The molecule has 0 spiro atoms. The summed E-state index contributed by atoms with van der Waals surface area (Å²) in [4.78, 5) is 38.0. The zero-order valence-electron chi connectivity index (χ0n) is 58.7. The molecule has 1 amide bonds. The summed E-state index contributed by atoms with van der Waals surface area (Å²) in [6.45, 7) is 6.93. The number of hydrogen-bond donors (Lipinski definition) is 2. The average molecular weight is 1250 g/mol. The van der Waals surface area contributed by atoms with E-state index in [1.807, 2.05) is 33.3 Å². The molecule has 0 heterocycles. The third kappa shape index (κ3) is 67.6. The molecule has 0 saturated carbocycles. The molecule has 0 bridgehead atoms. The van der Waals surface area contributed by atoms with Crippen LogP contribution in [0.5, 0.6) is 0 Å². The molecule has 0 saturated heterocycles. The maximum absolute atomic E-state index is 13.6. The van der Waals surface area contributed by atoms with Crippen molar-refractivity contribution < 1.29 is 37.3 Å². The van der Waals surface area contributed by atoms with Gasteiger partial charge in [0.15, 0.2) is 0 Å². The van der Waals surface area contributed by atoms with Crippen LogP contribution in [0, 0.1) is 0 Å². The molecule has 0 aliphatic carbocycles. The number of phosphoric ester groups is 1. The number of unbranched alkanes of at least 4 members (excludes halogenated alkanes) is 40. The van der Waals surface area contributed by atoms with Gasteiger partial charge in [-0.3, -0.25) is 18.6 Å². The number of ether oxygens (including phenoxy) is 1. The molecule has 512 valence electrons. The molecule has 0 aliphatic rings. The van der Waals surface area contributed by atoms with Crippen molar-refractivity contribution in [1.29, 1.82) is 0 Å². The Bertz CT molecular complexity index is 1780. The molecule has 9 nitrogen and oxygen atoms in total. The number of rotatable bonds is 68. The smallest absolute Gasteiger partial charge is 0.456 e. The van der Waals surface area contributed by atoms with Gasteiger partial charge in [0, 0.05) is 12.8 Å². The fourth-order valence-electron chi connectivity index (χ4n) is 10.8. The number of likely N-dealkylation sites (N-methyl/N-ethyl adjacent to an activating group) is 1. The van der Waals surface area contributed by atoms with Crippen LogP contribution in [-0.2, 0) is 27.9 Å². The Morgan fingerprint density at radius 3 is 1.10 bits per heavy atom. The second-order valence-corrected chi connectivity index (χ2v) is 27.9. The molecule has 0 aliphatic heterocycles. The second-order valence-electron chi connectivity index (χ2n) is 26.4. The minimum absolute atomic E-state index is 0.0378. The number of amides is 1. The van der Waals surface area contributed by atoms with E-state index >= 15 is 0 Å². The van der Waals surface area contributed by atoms with Crippen molar-refractivity contribution in [2.24, 2.45) is 0 Å². The van der Waals surface area contributed by atoms with Gasteiger partial charge < -0.3 is 19.4 Å². The minimum Gasteiger partial charge on any atom is -0.456 e. The van der Waals surface area contributed by atoms with Crippen molar-refractivity contribution in [3.8, 4) is 0 Å². The normalized spacial score (nSPS) is 13.9. The van der Waals surface area contributed by atoms with Crippen molar-refractivity contribution >= 4 is 19.7 Å². The van der Waals surface area contributed by atoms with Gasteiger partial charge in [0.25, 0.3) is 0 Å². The van der Waals surface area contributed by atoms with Gasteiger partial charge >= 0.3 is 13.8 Å². The Kier molecular flexibility index (Phi) is 64.9. The van der Waals surface area contributed by atoms with Crippen LogP contribution in [0.15, 0.2) is 85.1 Å². The van der Waals surface area contributed by atoms with Gasteiger partial charge in [-0.1, -0.05) is 318 Å². The van der Waals surface area contributed by atoms with E-state index in [1.165, 1.54) is 212 Å². The van der Waals surface area contributed by atoms with Gasteiger partial charge in [0.1, 0.15) is 19.3 Å². The van der Waals surface area contributed by atoms with Crippen LogP contribution in [-0.4, -0.2) is 74.3 Å². The highest BCUT2D eigenvalue weighted by atomic mass is 31.2. The number of allylic oxidation sites excluding steroid dienone is 13. The lowest BCUT2D eigenvalue weighted by Crippen LogP contribution is -2.47. The molecule has 3 unspecified atom stereocenters. The fourth-order valence-corrected chi connectivity index (χ4v) is 11.6. The number of quaternary nitrogens is 1. The SMILES string of the molecule is CC/C=C\C/C=C\C/C=C\C/C=C\C/C=C\CCCCCCCCCCCC(=O)OC(/C=C/CCCCCCCCCCCC)C(COP(=O)(O)OCC[N+](C)(C)C)NC(=O)CCCCCCCCCCCCCCCCC/C=C/CCCCCCCC. The Morgan fingerprint density at radius 1 is 0.409 bits per heavy atom. The van der Waals surface area contributed by atoms with E-state index in [9.17, 15) is 19.0 Å². The van der Waals surface area contributed by atoms with E-state index in [1.54, 1.807) is 0 Å². The van der Waals surface area contributed by atoms with E-state index < -0.39 is 20.0 Å². The molecule has 0 radical (unpaired) electrons. The Hall–Kier alpha value is -2.81. The lowest BCUT2D eigenvalue weighted by molar-refractivity contribution is -0.870. The van der Waals surface area contributed by atoms with Crippen LogP contribution < -0.4 is 5.32 Å². The number of hydrogen-bond acceptors (Lipinski definition) is 6. The standard InChI is InChI=1S/C78H143N2O7P/c1-7-10-13-16-19-22-25-28-30-32-34-36-38-40-42-44-46-48-50-52-55-58-61-64-67-70-77(81)79-75(74-86-88(83,84)85-73-72-80(4,5)6)76(69-66-63-60-57-54-27-24-21-18-15-12-9-3)87-78(82)71-68-65-62-59-56-53-51-49-47-45-43-41-39-37-35-33-31-29-26-23-20-17-14-11-8-2/h11,14,20,23,28-31,35,37,41,43,66,69,75-76H,7-10,12-13,15-19,21-22,24-27,32-34,36,38-40,42,44-65,67-68,70-74H2,1-6H3,(H-,79,81,83,84)/p+1/b14-11-,23-20-,30-28+,31-29-,37-35-,43-41-,69-66+. The minimum atomic E-state index is -4.46. The van der Waals surface area contributed by atoms with E-state index in [0.29, 0.717) is 17.4 Å². The first-order valence-electron chi connectivity index (χ1n) is 37.4. The molecule has 0 aromatic carbocycles. The first-order chi connectivity index (χ1) is 42.9. The van der Waals surface area contributed by atoms with E-state index in [2.05, 4.69) is 99.0 Å². The van der Waals surface area contributed by atoms with Crippen LogP contribution in [0.3, 0.4) is 0 Å². The molecule has 0 rings (SSSR count). The predicted molar refractivity (Wildman–Crippen MR) is 383 cm³/mol. The number of phosphoric acid groups is 1. The van der Waals surface area contributed by atoms with Crippen LogP contribution in [0.4, 0.5) is 0 Å². The van der Waals surface area contributed by atoms with Crippen LogP contribution in [0.25, 0.3) is 0 Å². The fraction of sp³-hybridized carbons (Fsp3) is 0.795. The van der Waals surface area contributed by atoms with E-state index in [0.717, 1.165) is 103 Å². The molecule has 0 aromatic rings. The summed E-state index contributed by atoms with van der Waals surface area (Å²) in [5, 5.41) is 3.08. The first kappa shape index (κ1) is 85.2. The molecule has 0 aromatic heterocycles. The quantitative estimate of drug-likeness (QED) is 0.0205. The predicted octanol–water partition coefficient (Wildman–Crippen LogP) is 24.1. The van der Waals surface area contributed by atoms with Gasteiger partial charge in [-0.05, 0) is 102 Å². The van der Waals surface area contributed by atoms with Gasteiger partial charge in [-0.2, -0.15) is 0 Å². The molecule has 0 fully saturated rings.